The highest BCUT2D eigenvalue weighted by Gasteiger charge is 2.26. The lowest BCUT2D eigenvalue weighted by atomic mass is 10.0. The van der Waals surface area contributed by atoms with Crippen LogP contribution in [0.5, 0.6) is 5.75 Å². The molecule has 0 aliphatic rings. The average Bonchev–Trinajstić information content (AvgIpc) is 2.89. The summed E-state index contributed by atoms with van der Waals surface area (Å²) < 4.78 is 34.4. The first-order valence-corrected chi connectivity index (χ1v) is 13.3. The summed E-state index contributed by atoms with van der Waals surface area (Å²) in [5, 5.41) is 2.83. The van der Waals surface area contributed by atoms with Gasteiger partial charge in [0.25, 0.3) is 10.2 Å². The second-order valence-corrected chi connectivity index (χ2v) is 10.2. The van der Waals surface area contributed by atoms with E-state index >= 15 is 0 Å². The monoisotopic (exact) mass is 564 g/mol. The number of rotatable bonds is 11. The van der Waals surface area contributed by atoms with Crippen LogP contribution in [0.1, 0.15) is 5.56 Å². The van der Waals surface area contributed by atoms with Crippen LogP contribution in [0, 0.1) is 0 Å². The first kappa shape index (κ1) is 28.3. The fraction of sp³-hybridized carbons (Fsp3) is 0.200. The molecule has 0 unspecified atom stereocenters. The van der Waals surface area contributed by atoms with Crippen LogP contribution in [0.25, 0.3) is 0 Å². The summed E-state index contributed by atoms with van der Waals surface area (Å²) in [4.78, 5) is 27.5. The van der Waals surface area contributed by atoms with Crippen molar-refractivity contribution in [3.63, 3.8) is 0 Å². The van der Waals surface area contributed by atoms with E-state index in [1.54, 1.807) is 38.4 Å². The Morgan fingerprint density at radius 1 is 0.973 bits per heavy atom. The molecule has 0 heterocycles. The highest BCUT2D eigenvalue weighted by atomic mass is 35.5. The number of nitrogens with zero attached hydrogens (tertiary/aromatic N) is 1. The van der Waals surface area contributed by atoms with Crippen molar-refractivity contribution in [1.29, 1.82) is 0 Å². The number of hydrogen-bond acceptors (Lipinski definition) is 5. The lowest BCUT2D eigenvalue weighted by molar-refractivity contribution is -0.126. The average molecular weight is 565 g/mol. The number of ether oxygens (including phenoxy) is 1. The van der Waals surface area contributed by atoms with Crippen molar-refractivity contribution in [2.45, 2.75) is 12.5 Å². The maximum Gasteiger partial charge on any atom is 0.299 e. The fourth-order valence-corrected chi connectivity index (χ4v) is 4.64. The smallest absolute Gasteiger partial charge is 0.299 e. The molecule has 0 aromatic heterocycles. The summed E-state index contributed by atoms with van der Waals surface area (Å²) in [5.41, 5.74) is 1.48. The predicted octanol–water partition coefficient (Wildman–Crippen LogP) is 3.64. The molecular formula is C25H26Cl2N4O5S. The van der Waals surface area contributed by atoms with Gasteiger partial charge in [-0.3, -0.25) is 14.3 Å². The van der Waals surface area contributed by atoms with Gasteiger partial charge >= 0.3 is 0 Å². The third kappa shape index (κ3) is 8.09. The number of nitrogens with one attached hydrogen (secondary N) is 3. The summed E-state index contributed by atoms with van der Waals surface area (Å²) in [6.45, 7) is -0.613. The number of amides is 2. The molecule has 0 fully saturated rings. The van der Waals surface area contributed by atoms with Gasteiger partial charge < -0.3 is 15.0 Å². The second-order valence-electron chi connectivity index (χ2n) is 7.93. The zero-order valence-electron chi connectivity index (χ0n) is 20.1. The van der Waals surface area contributed by atoms with Crippen LogP contribution in [0.4, 0.5) is 11.4 Å². The number of likely N-dealkylation sites (N-methyl/N-ethyl adjacent to an activating group) is 1. The van der Waals surface area contributed by atoms with Crippen molar-refractivity contribution in [2.75, 3.05) is 30.3 Å². The van der Waals surface area contributed by atoms with Gasteiger partial charge in [0.2, 0.25) is 11.8 Å². The van der Waals surface area contributed by atoms with Crippen LogP contribution in [0.2, 0.25) is 10.0 Å². The molecule has 0 aliphatic heterocycles. The molecular weight excluding hydrogens is 539 g/mol. The van der Waals surface area contributed by atoms with E-state index < -0.39 is 28.7 Å². The Bertz CT molecular complexity index is 1340. The number of benzene rings is 3. The minimum atomic E-state index is -4.16. The topological polar surface area (TPSA) is 117 Å². The molecule has 37 heavy (non-hydrogen) atoms. The Labute approximate surface area is 225 Å². The lowest BCUT2D eigenvalue weighted by Gasteiger charge is -2.25. The van der Waals surface area contributed by atoms with Crippen molar-refractivity contribution in [1.82, 2.24) is 10.0 Å². The third-order valence-electron chi connectivity index (χ3n) is 5.32. The van der Waals surface area contributed by atoms with E-state index in [0.29, 0.717) is 11.4 Å². The zero-order valence-corrected chi connectivity index (χ0v) is 22.4. The Balaban J connectivity index is 1.70. The molecule has 3 aromatic rings. The van der Waals surface area contributed by atoms with Crippen LogP contribution in [-0.2, 0) is 26.2 Å². The molecule has 0 saturated carbocycles. The summed E-state index contributed by atoms with van der Waals surface area (Å²) in [7, 11) is -1.02. The van der Waals surface area contributed by atoms with Gasteiger partial charge in [-0.2, -0.15) is 13.1 Å². The molecule has 3 aromatic carbocycles. The number of halogens is 2. The summed E-state index contributed by atoms with van der Waals surface area (Å²) >= 11 is 11.9. The molecule has 3 rings (SSSR count). The van der Waals surface area contributed by atoms with Gasteiger partial charge in [0.1, 0.15) is 11.8 Å². The van der Waals surface area contributed by atoms with Gasteiger partial charge in [-0.25, -0.2) is 0 Å². The summed E-state index contributed by atoms with van der Waals surface area (Å²) in [5.74, 6) is -0.437. The van der Waals surface area contributed by atoms with E-state index in [9.17, 15) is 18.0 Å². The maximum absolute atomic E-state index is 13.4. The fourth-order valence-electron chi connectivity index (χ4n) is 3.39. The van der Waals surface area contributed by atoms with Crippen LogP contribution in [-0.4, -0.2) is 47.0 Å². The van der Waals surface area contributed by atoms with Crippen LogP contribution in [0.15, 0.2) is 72.8 Å². The normalized spacial score (nSPS) is 11.9. The van der Waals surface area contributed by atoms with Crippen molar-refractivity contribution in [3.05, 3.63) is 88.4 Å². The Morgan fingerprint density at radius 3 is 2.30 bits per heavy atom. The standard InChI is InChI=1S/C25H26Cl2N4O5S/c1-31(18-11-13-19(36-2)14-12-18)25(33)22(15-17-7-4-3-5-8-17)29-23(32)16-28-37(34,35)30-21-10-6-9-20(26)24(21)27/h3-14,22,28,30H,15-16H2,1-2H3,(H,29,32)/t22-/m0/s1. The first-order chi connectivity index (χ1) is 17.6. The Kier molecular flexibility index (Phi) is 9.76. The van der Waals surface area contributed by atoms with Crippen molar-refractivity contribution >= 4 is 56.6 Å². The van der Waals surface area contributed by atoms with Crippen LogP contribution < -0.4 is 24.4 Å². The number of anilines is 2. The molecule has 3 N–H and O–H groups in total. The van der Waals surface area contributed by atoms with E-state index in [4.69, 9.17) is 27.9 Å². The second kappa shape index (κ2) is 12.8. The number of carbonyl (C=O) groups is 2. The van der Waals surface area contributed by atoms with Gasteiger partial charge in [0.15, 0.2) is 0 Å². The summed E-state index contributed by atoms with van der Waals surface area (Å²) in [6.07, 6.45) is 0.203. The lowest BCUT2D eigenvalue weighted by Crippen LogP contribution is -2.51. The molecule has 12 heteroatoms. The molecule has 9 nitrogen and oxygen atoms in total. The Hall–Kier alpha value is -3.31. The predicted molar refractivity (Wildman–Crippen MR) is 145 cm³/mol. The first-order valence-electron chi connectivity index (χ1n) is 11.1. The van der Waals surface area contributed by atoms with E-state index in [0.717, 1.165) is 5.56 Å². The van der Waals surface area contributed by atoms with Crippen molar-refractivity contribution in [2.24, 2.45) is 0 Å². The third-order valence-corrected chi connectivity index (χ3v) is 7.16. The van der Waals surface area contributed by atoms with Crippen molar-refractivity contribution < 1.29 is 22.7 Å². The number of carbonyl (C=O) groups excluding carboxylic acids is 2. The molecule has 0 aliphatic carbocycles. The molecule has 0 bridgehead atoms. The molecule has 2 amide bonds. The van der Waals surface area contributed by atoms with Gasteiger partial charge in [-0.15, -0.1) is 0 Å². The van der Waals surface area contributed by atoms with E-state index in [-0.39, 0.29) is 28.1 Å². The van der Waals surface area contributed by atoms with E-state index in [1.165, 1.54) is 23.1 Å². The molecule has 1 atom stereocenters. The SMILES string of the molecule is COc1ccc(N(C)C(=O)[C@H](Cc2ccccc2)NC(=O)CNS(=O)(=O)Nc2cccc(Cl)c2Cl)cc1. The molecule has 0 saturated heterocycles. The number of methoxy groups -OCH3 is 1. The van der Waals surface area contributed by atoms with Gasteiger partial charge in [-0.1, -0.05) is 59.6 Å². The summed E-state index contributed by atoms with van der Waals surface area (Å²) in [6, 6.07) is 19.6. The largest absolute Gasteiger partial charge is 0.497 e. The van der Waals surface area contributed by atoms with Crippen LogP contribution >= 0.6 is 23.2 Å². The quantitative estimate of drug-likeness (QED) is 0.328. The van der Waals surface area contributed by atoms with Gasteiger partial charge in [-0.05, 0) is 42.0 Å². The number of hydrogen-bond donors (Lipinski definition) is 3. The molecule has 0 spiro atoms. The van der Waals surface area contributed by atoms with Crippen LogP contribution in [0.3, 0.4) is 0 Å². The zero-order chi connectivity index (χ0) is 27.0. The maximum atomic E-state index is 13.4. The minimum absolute atomic E-state index is 0.0223. The highest BCUT2D eigenvalue weighted by Crippen LogP contribution is 2.29. The molecule has 196 valence electrons. The van der Waals surface area contributed by atoms with Crippen molar-refractivity contribution in [3.8, 4) is 5.75 Å². The van der Waals surface area contributed by atoms with E-state index in [1.807, 2.05) is 30.3 Å². The van der Waals surface area contributed by atoms with E-state index in [2.05, 4.69) is 14.8 Å². The molecule has 0 radical (unpaired) electrons. The van der Waals surface area contributed by atoms with Gasteiger partial charge in [0.05, 0.1) is 29.4 Å². The van der Waals surface area contributed by atoms with Gasteiger partial charge in [0, 0.05) is 19.2 Å². The minimum Gasteiger partial charge on any atom is -0.497 e. The highest BCUT2D eigenvalue weighted by molar-refractivity contribution is 7.90. The Morgan fingerprint density at radius 2 is 1.65 bits per heavy atom.